The van der Waals surface area contributed by atoms with Gasteiger partial charge in [0.05, 0.1) is 11.2 Å². The van der Waals surface area contributed by atoms with Gasteiger partial charge in [-0.1, -0.05) is 24.3 Å². The van der Waals surface area contributed by atoms with Crippen molar-refractivity contribution in [3.63, 3.8) is 0 Å². The minimum absolute atomic E-state index is 0.339. The fourth-order valence-electron chi connectivity index (χ4n) is 1.68. The first-order valence-electron chi connectivity index (χ1n) is 5.42. The summed E-state index contributed by atoms with van der Waals surface area (Å²) in [7, 11) is 0. The number of hydrogen-bond donors (Lipinski definition) is 1. The lowest BCUT2D eigenvalue weighted by Gasteiger charge is -2.12. The van der Waals surface area contributed by atoms with Gasteiger partial charge in [0.15, 0.2) is 6.10 Å². The van der Waals surface area contributed by atoms with E-state index in [0.29, 0.717) is 12.3 Å². The van der Waals surface area contributed by atoms with Crippen LogP contribution >= 0.6 is 0 Å². The van der Waals surface area contributed by atoms with Crippen molar-refractivity contribution in [2.45, 2.75) is 13.0 Å². The molecular weight excluding hydrogens is 218 g/mol. The Balaban J connectivity index is 2.43. The number of aromatic nitrogens is 1. The number of hydrogen-bond acceptors (Lipinski definition) is 3. The summed E-state index contributed by atoms with van der Waals surface area (Å²) in [5.41, 5.74) is 1.20. The number of pyridine rings is 1. The monoisotopic (exact) mass is 231 g/mol. The second-order valence-electron chi connectivity index (χ2n) is 3.60. The molecule has 1 aromatic carbocycles. The quantitative estimate of drug-likeness (QED) is 0.877. The number of carboxylic acid groups (broad SMARTS) is 1. The minimum Gasteiger partial charge on any atom is -0.479 e. The Kier molecular flexibility index (Phi) is 3.35. The molecule has 2 aromatic rings. The van der Waals surface area contributed by atoms with E-state index in [1.165, 1.54) is 0 Å². The number of nitrogens with zero attached hydrogens (tertiary/aromatic N) is 1. The maximum atomic E-state index is 11.1. The molecular formula is C13H13NO3. The van der Waals surface area contributed by atoms with Gasteiger partial charge in [-0.2, -0.15) is 0 Å². The molecule has 88 valence electrons. The molecule has 0 aliphatic rings. The van der Waals surface area contributed by atoms with E-state index in [0.717, 1.165) is 10.9 Å². The number of ether oxygens (including phenoxy) is 1. The molecule has 0 aliphatic carbocycles. The smallest absolute Gasteiger partial charge is 0.339 e. The lowest BCUT2D eigenvalue weighted by molar-refractivity contribution is -0.150. The van der Waals surface area contributed by atoms with Crippen molar-refractivity contribution in [3.8, 4) is 0 Å². The Morgan fingerprint density at radius 1 is 1.35 bits per heavy atom. The highest BCUT2D eigenvalue weighted by Crippen LogP contribution is 2.19. The van der Waals surface area contributed by atoms with Gasteiger partial charge in [0.25, 0.3) is 0 Å². The molecule has 0 fully saturated rings. The molecule has 0 saturated heterocycles. The van der Waals surface area contributed by atoms with Crippen molar-refractivity contribution in [3.05, 3.63) is 42.1 Å². The molecule has 0 spiro atoms. The van der Waals surface area contributed by atoms with E-state index in [2.05, 4.69) is 4.98 Å². The summed E-state index contributed by atoms with van der Waals surface area (Å²) in [6, 6.07) is 11.1. The highest BCUT2D eigenvalue weighted by molar-refractivity contribution is 5.80. The highest BCUT2D eigenvalue weighted by atomic mass is 16.5. The summed E-state index contributed by atoms with van der Waals surface area (Å²) in [5.74, 6) is -1.02. The van der Waals surface area contributed by atoms with E-state index < -0.39 is 12.1 Å². The molecule has 0 aliphatic heterocycles. The molecule has 1 unspecified atom stereocenters. The third-order valence-corrected chi connectivity index (χ3v) is 2.45. The van der Waals surface area contributed by atoms with Crippen molar-refractivity contribution < 1.29 is 14.6 Å². The average molecular weight is 231 g/mol. The van der Waals surface area contributed by atoms with Crippen LogP contribution in [-0.4, -0.2) is 22.7 Å². The summed E-state index contributed by atoms with van der Waals surface area (Å²) in [6.07, 6.45) is -0.996. The van der Waals surface area contributed by atoms with Gasteiger partial charge in [0, 0.05) is 12.0 Å². The van der Waals surface area contributed by atoms with Crippen molar-refractivity contribution in [1.29, 1.82) is 0 Å². The standard InChI is InChI=1S/C13H13NO3/c1-2-17-12(13(15)16)11-8-7-9-5-3-4-6-10(9)14-11/h3-8,12H,2H2,1H3,(H,15,16). The van der Waals surface area contributed by atoms with Crippen molar-refractivity contribution in [2.75, 3.05) is 6.61 Å². The van der Waals surface area contributed by atoms with Crippen LogP contribution in [0.2, 0.25) is 0 Å². The molecule has 0 radical (unpaired) electrons. The molecule has 0 saturated carbocycles. The predicted molar refractivity (Wildman–Crippen MR) is 63.7 cm³/mol. The summed E-state index contributed by atoms with van der Waals surface area (Å²) < 4.78 is 5.18. The van der Waals surface area contributed by atoms with Gasteiger partial charge in [0.2, 0.25) is 0 Å². The van der Waals surface area contributed by atoms with Gasteiger partial charge in [0.1, 0.15) is 0 Å². The Labute approximate surface area is 98.9 Å². The van der Waals surface area contributed by atoms with Crippen LogP contribution in [0.15, 0.2) is 36.4 Å². The lowest BCUT2D eigenvalue weighted by atomic mass is 10.1. The van der Waals surface area contributed by atoms with E-state index in [1.54, 1.807) is 13.0 Å². The van der Waals surface area contributed by atoms with Gasteiger partial charge in [-0.3, -0.25) is 0 Å². The maximum absolute atomic E-state index is 11.1. The number of carbonyl (C=O) groups is 1. The molecule has 2 rings (SSSR count). The molecule has 0 bridgehead atoms. The average Bonchev–Trinajstić information content (AvgIpc) is 2.35. The van der Waals surface area contributed by atoms with Crippen LogP contribution in [0.4, 0.5) is 0 Å². The fraction of sp³-hybridized carbons (Fsp3) is 0.231. The largest absolute Gasteiger partial charge is 0.479 e. The number of aliphatic carboxylic acids is 1. The number of carboxylic acids is 1. The van der Waals surface area contributed by atoms with Gasteiger partial charge < -0.3 is 9.84 Å². The first-order valence-corrected chi connectivity index (χ1v) is 5.42. The van der Waals surface area contributed by atoms with E-state index >= 15 is 0 Å². The second-order valence-corrected chi connectivity index (χ2v) is 3.60. The SMILES string of the molecule is CCOC(C(=O)O)c1ccc2ccccc2n1. The second kappa shape index (κ2) is 4.93. The van der Waals surface area contributed by atoms with E-state index in [1.807, 2.05) is 30.3 Å². The van der Waals surface area contributed by atoms with Crippen LogP contribution in [0.5, 0.6) is 0 Å². The number of benzene rings is 1. The van der Waals surface area contributed by atoms with E-state index in [4.69, 9.17) is 9.84 Å². The summed E-state index contributed by atoms with van der Waals surface area (Å²) in [4.78, 5) is 15.4. The Morgan fingerprint density at radius 3 is 2.82 bits per heavy atom. The van der Waals surface area contributed by atoms with Crippen molar-refractivity contribution >= 4 is 16.9 Å². The molecule has 4 heteroatoms. The maximum Gasteiger partial charge on any atom is 0.339 e. The fourth-order valence-corrected chi connectivity index (χ4v) is 1.68. The first kappa shape index (κ1) is 11.5. The van der Waals surface area contributed by atoms with Gasteiger partial charge in [-0.25, -0.2) is 9.78 Å². The zero-order valence-corrected chi connectivity index (χ0v) is 9.46. The molecule has 1 atom stereocenters. The van der Waals surface area contributed by atoms with Gasteiger partial charge >= 0.3 is 5.97 Å². The topological polar surface area (TPSA) is 59.4 Å². The highest BCUT2D eigenvalue weighted by Gasteiger charge is 2.21. The molecule has 1 aromatic heterocycles. The zero-order valence-electron chi connectivity index (χ0n) is 9.46. The third kappa shape index (κ3) is 2.42. The Morgan fingerprint density at radius 2 is 2.12 bits per heavy atom. The molecule has 1 N–H and O–H groups in total. The van der Waals surface area contributed by atoms with Crippen LogP contribution in [0.25, 0.3) is 10.9 Å². The molecule has 1 heterocycles. The molecule has 0 amide bonds. The number of rotatable bonds is 4. The first-order chi connectivity index (χ1) is 8.22. The van der Waals surface area contributed by atoms with Crippen LogP contribution in [0, 0.1) is 0 Å². The number of para-hydroxylation sites is 1. The lowest BCUT2D eigenvalue weighted by Crippen LogP contribution is -2.16. The Bertz CT molecular complexity index is 539. The third-order valence-electron chi connectivity index (χ3n) is 2.45. The normalized spacial score (nSPS) is 12.5. The van der Waals surface area contributed by atoms with Crippen molar-refractivity contribution in [1.82, 2.24) is 4.98 Å². The molecule has 17 heavy (non-hydrogen) atoms. The van der Waals surface area contributed by atoms with Gasteiger partial charge in [-0.05, 0) is 19.1 Å². The zero-order chi connectivity index (χ0) is 12.3. The van der Waals surface area contributed by atoms with Gasteiger partial charge in [-0.15, -0.1) is 0 Å². The number of fused-ring (bicyclic) bond motifs is 1. The predicted octanol–water partition coefficient (Wildman–Crippen LogP) is 2.40. The minimum atomic E-state index is -1.02. The summed E-state index contributed by atoms with van der Waals surface area (Å²) in [6.45, 7) is 2.10. The summed E-state index contributed by atoms with van der Waals surface area (Å²) in [5, 5.41) is 10.0. The Hall–Kier alpha value is -1.94. The molecule has 4 nitrogen and oxygen atoms in total. The van der Waals surface area contributed by atoms with Crippen LogP contribution < -0.4 is 0 Å². The van der Waals surface area contributed by atoms with Crippen LogP contribution in [-0.2, 0) is 9.53 Å². The summed E-state index contributed by atoms with van der Waals surface area (Å²) >= 11 is 0. The van der Waals surface area contributed by atoms with E-state index in [-0.39, 0.29) is 0 Å². The van der Waals surface area contributed by atoms with Crippen molar-refractivity contribution in [2.24, 2.45) is 0 Å². The van der Waals surface area contributed by atoms with Crippen LogP contribution in [0.3, 0.4) is 0 Å². The van der Waals surface area contributed by atoms with Crippen LogP contribution in [0.1, 0.15) is 18.7 Å². The van der Waals surface area contributed by atoms with E-state index in [9.17, 15) is 4.79 Å².